The second kappa shape index (κ2) is 8.69. The molecule has 23 heavy (non-hydrogen) atoms. The van der Waals surface area contributed by atoms with Gasteiger partial charge in [0.2, 0.25) is 0 Å². The van der Waals surface area contributed by atoms with Gasteiger partial charge in [-0.15, -0.1) is 0 Å². The van der Waals surface area contributed by atoms with Crippen molar-refractivity contribution in [3.63, 3.8) is 0 Å². The van der Waals surface area contributed by atoms with Gasteiger partial charge in [0.25, 0.3) is 0 Å². The van der Waals surface area contributed by atoms with E-state index in [-0.39, 0.29) is 6.61 Å². The number of aliphatic hydroxyl groups is 1. The van der Waals surface area contributed by atoms with E-state index in [0.717, 1.165) is 51.7 Å². The van der Waals surface area contributed by atoms with E-state index in [2.05, 4.69) is 4.90 Å². The van der Waals surface area contributed by atoms with Crippen LogP contribution >= 0.6 is 0 Å². The van der Waals surface area contributed by atoms with Gasteiger partial charge >= 0.3 is 6.18 Å². The summed E-state index contributed by atoms with van der Waals surface area (Å²) in [6, 6.07) is 5.92. The predicted octanol–water partition coefficient (Wildman–Crippen LogP) is 4.12. The Balaban J connectivity index is 1.86. The summed E-state index contributed by atoms with van der Waals surface area (Å²) < 4.78 is 39.1. The first-order valence-corrected chi connectivity index (χ1v) is 8.49. The zero-order chi connectivity index (χ0) is 16.7. The number of aryl methyl sites for hydroxylation is 1. The van der Waals surface area contributed by atoms with Gasteiger partial charge in [0, 0.05) is 13.2 Å². The van der Waals surface area contributed by atoms with Crippen LogP contribution in [0.1, 0.15) is 43.2 Å². The van der Waals surface area contributed by atoms with E-state index in [1.165, 1.54) is 12.1 Å². The zero-order valence-electron chi connectivity index (χ0n) is 13.5. The fourth-order valence-corrected chi connectivity index (χ4v) is 3.41. The molecule has 1 aromatic rings. The number of halogens is 3. The van der Waals surface area contributed by atoms with Gasteiger partial charge in [-0.3, -0.25) is 0 Å². The Morgan fingerprint density at radius 1 is 1.17 bits per heavy atom. The molecule has 0 spiro atoms. The van der Waals surface area contributed by atoms with Crippen molar-refractivity contribution in [1.82, 2.24) is 4.90 Å². The lowest BCUT2D eigenvalue weighted by molar-refractivity contribution is -0.138. The molecule has 0 radical (unpaired) electrons. The molecular weight excluding hydrogens is 303 g/mol. The minimum atomic E-state index is -4.26. The van der Waals surface area contributed by atoms with Gasteiger partial charge in [0.15, 0.2) is 0 Å². The van der Waals surface area contributed by atoms with Crippen LogP contribution in [0.5, 0.6) is 0 Å². The number of benzene rings is 1. The van der Waals surface area contributed by atoms with E-state index in [1.54, 1.807) is 12.1 Å². The van der Waals surface area contributed by atoms with Gasteiger partial charge in [0.1, 0.15) is 0 Å². The summed E-state index contributed by atoms with van der Waals surface area (Å²) in [7, 11) is 0. The summed E-state index contributed by atoms with van der Waals surface area (Å²) in [6.45, 7) is 3.25. The number of likely N-dealkylation sites (tertiary alicyclic amines) is 1. The molecule has 1 aliphatic rings. The second-order valence-corrected chi connectivity index (χ2v) is 6.43. The molecule has 2 rings (SSSR count). The van der Waals surface area contributed by atoms with E-state index >= 15 is 0 Å². The average Bonchev–Trinajstić information content (AvgIpc) is 2.53. The molecule has 0 unspecified atom stereocenters. The van der Waals surface area contributed by atoms with Gasteiger partial charge in [-0.25, -0.2) is 0 Å². The first kappa shape index (κ1) is 18.3. The molecule has 0 amide bonds. The molecule has 0 aliphatic carbocycles. The molecule has 1 atom stereocenters. The van der Waals surface area contributed by atoms with Gasteiger partial charge in [-0.05, 0) is 69.2 Å². The highest BCUT2D eigenvalue weighted by Crippen LogP contribution is 2.33. The Hall–Kier alpha value is -1.07. The van der Waals surface area contributed by atoms with Crippen LogP contribution in [0, 0.1) is 5.92 Å². The Morgan fingerprint density at radius 2 is 1.96 bits per heavy atom. The molecule has 2 nitrogen and oxygen atoms in total. The number of rotatable bonds is 7. The fraction of sp³-hybridized carbons (Fsp3) is 0.667. The molecule has 1 aromatic carbocycles. The Morgan fingerprint density at radius 3 is 2.70 bits per heavy atom. The SMILES string of the molecule is OCCCCN1CCC[C@H](CCc2ccccc2C(F)(F)F)C1. The Bertz CT molecular complexity index is 476. The highest BCUT2D eigenvalue weighted by atomic mass is 19.4. The molecule has 0 saturated carbocycles. The maximum absolute atomic E-state index is 13.0. The molecule has 1 saturated heterocycles. The molecule has 0 bridgehead atoms. The van der Waals surface area contributed by atoms with Crippen LogP contribution < -0.4 is 0 Å². The Kier molecular flexibility index (Phi) is 6.90. The van der Waals surface area contributed by atoms with E-state index in [0.29, 0.717) is 17.9 Å². The first-order valence-electron chi connectivity index (χ1n) is 8.49. The molecule has 1 heterocycles. The maximum atomic E-state index is 13.0. The quantitative estimate of drug-likeness (QED) is 0.761. The Labute approximate surface area is 136 Å². The lowest BCUT2D eigenvalue weighted by atomic mass is 9.90. The van der Waals surface area contributed by atoms with Crippen molar-refractivity contribution in [2.45, 2.75) is 44.7 Å². The van der Waals surface area contributed by atoms with Gasteiger partial charge < -0.3 is 10.0 Å². The van der Waals surface area contributed by atoms with Crippen molar-refractivity contribution in [3.05, 3.63) is 35.4 Å². The number of piperidine rings is 1. The predicted molar refractivity (Wildman–Crippen MR) is 85.2 cm³/mol. The molecule has 1 N–H and O–H groups in total. The van der Waals surface area contributed by atoms with Crippen molar-refractivity contribution in [3.8, 4) is 0 Å². The third kappa shape index (κ3) is 5.81. The van der Waals surface area contributed by atoms with Crippen LogP contribution in [0.4, 0.5) is 13.2 Å². The fourth-order valence-electron chi connectivity index (χ4n) is 3.41. The van der Waals surface area contributed by atoms with Gasteiger partial charge in [-0.1, -0.05) is 18.2 Å². The minimum Gasteiger partial charge on any atom is -0.396 e. The highest BCUT2D eigenvalue weighted by Gasteiger charge is 2.33. The minimum absolute atomic E-state index is 0.228. The number of nitrogens with zero attached hydrogens (tertiary/aromatic N) is 1. The summed E-state index contributed by atoms with van der Waals surface area (Å²) in [5, 5.41) is 8.84. The molecule has 1 aliphatic heterocycles. The van der Waals surface area contributed by atoms with E-state index in [4.69, 9.17) is 5.11 Å². The molecule has 0 aromatic heterocycles. The van der Waals surface area contributed by atoms with Crippen LogP contribution in [-0.2, 0) is 12.6 Å². The van der Waals surface area contributed by atoms with E-state index in [1.807, 2.05) is 0 Å². The van der Waals surface area contributed by atoms with Gasteiger partial charge in [0.05, 0.1) is 5.56 Å². The lowest BCUT2D eigenvalue weighted by Crippen LogP contribution is -2.36. The summed E-state index contributed by atoms with van der Waals surface area (Å²) in [5.74, 6) is 0.471. The topological polar surface area (TPSA) is 23.5 Å². The number of hydrogen-bond acceptors (Lipinski definition) is 2. The van der Waals surface area contributed by atoms with Crippen molar-refractivity contribution in [1.29, 1.82) is 0 Å². The van der Waals surface area contributed by atoms with E-state index < -0.39 is 11.7 Å². The summed E-state index contributed by atoms with van der Waals surface area (Å²) in [4.78, 5) is 2.39. The standard InChI is InChI=1S/C18H26F3NO/c19-18(20,21)17-8-2-1-7-16(17)10-9-15-6-5-12-22(14-15)11-3-4-13-23/h1-2,7-8,15,23H,3-6,9-14H2/t15-/m1/s1. The molecular formula is C18H26F3NO. The smallest absolute Gasteiger partial charge is 0.396 e. The number of aliphatic hydroxyl groups excluding tert-OH is 1. The molecule has 1 fully saturated rings. The van der Waals surface area contributed by atoms with Crippen molar-refractivity contribution >= 4 is 0 Å². The van der Waals surface area contributed by atoms with Crippen LogP contribution in [0.15, 0.2) is 24.3 Å². The molecule has 130 valence electrons. The summed E-state index contributed by atoms with van der Waals surface area (Å²) >= 11 is 0. The maximum Gasteiger partial charge on any atom is 0.416 e. The van der Waals surface area contributed by atoms with Crippen molar-refractivity contribution in [2.75, 3.05) is 26.2 Å². The first-order chi connectivity index (χ1) is 11.0. The normalized spacial score (nSPS) is 19.9. The number of unbranched alkanes of at least 4 members (excludes halogenated alkanes) is 1. The van der Waals surface area contributed by atoms with Crippen LogP contribution in [0.2, 0.25) is 0 Å². The van der Waals surface area contributed by atoms with Crippen molar-refractivity contribution < 1.29 is 18.3 Å². The van der Waals surface area contributed by atoms with Crippen LogP contribution in [0.25, 0.3) is 0 Å². The summed E-state index contributed by atoms with van der Waals surface area (Å²) in [6.07, 6.45) is 1.06. The van der Waals surface area contributed by atoms with Gasteiger partial charge in [-0.2, -0.15) is 13.2 Å². The summed E-state index contributed by atoms with van der Waals surface area (Å²) in [5.41, 5.74) is -0.0759. The van der Waals surface area contributed by atoms with Crippen LogP contribution in [0.3, 0.4) is 0 Å². The zero-order valence-corrected chi connectivity index (χ0v) is 13.5. The van der Waals surface area contributed by atoms with Crippen LogP contribution in [-0.4, -0.2) is 36.2 Å². The van der Waals surface area contributed by atoms with E-state index in [9.17, 15) is 13.2 Å². The molecule has 5 heteroatoms. The second-order valence-electron chi connectivity index (χ2n) is 6.43. The third-order valence-corrected chi connectivity index (χ3v) is 4.63. The largest absolute Gasteiger partial charge is 0.416 e. The highest BCUT2D eigenvalue weighted by molar-refractivity contribution is 5.29. The van der Waals surface area contributed by atoms with Crippen molar-refractivity contribution in [2.24, 2.45) is 5.92 Å². The third-order valence-electron chi connectivity index (χ3n) is 4.63. The lowest BCUT2D eigenvalue weighted by Gasteiger charge is -2.33. The monoisotopic (exact) mass is 329 g/mol. The average molecular weight is 329 g/mol. The number of alkyl halides is 3. The number of hydrogen-bond donors (Lipinski definition) is 1.